The molecule has 0 atom stereocenters. The van der Waals surface area contributed by atoms with E-state index in [0.717, 1.165) is 0 Å². The Morgan fingerprint density at radius 1 is 1.52 bits per heavy atom. The highest BCUT2D eigenvalue weighted by Crippen LogP contribution is 2.34. The second-order valence-corrected chi connectivity index (χ2v) is 5.63. The number of carbonyl (C=O) groups is 2. The molecule has 0 aliphatic carbocycles. The molecule has 2 rings (SSSR count). The van der Waals surface area contributed by atoms with Gasteiger partial charge in [0, 0.05) is 18.3 Å². The van der Waals surface area contributed by atoms with E-state index in [9.17, 15) is 19.7 Å². The number of nitro benzene ring substituents is 1. The Balaban J connectivity index is 2.42. The quantitative estimate of drug-likeness (QED) is 0.439. The number of hydrogen-bond acceptors (Lipinski definition) is 7. The summed E-state index contributed by atoms with van der Waals surface area (Å²) in [5, 5.41) is 22.7. The van der Waals surface area contributed by atoms with Crippen molar-refractivity contribution in [2.24, 2.45) is 0 Å². The van der Waals surface area contributed by atoms with Gasteiger partial charge in [0.25, 0.3) is 11.6 Å². The number of rotatable bonds is 6. The van der Waals surface area contributed by atoms with Gasteiger partial charge in [0.15, 0.2) is 0 Å². The van der Waals surface area contributed by atoms with Crippen LogP contribution in [0.25, 0.3) is 0 Å². The third kappa shape index (κ3) is 3.57. The molecule has 1 aromatic carbocycles. The van der Waals surface area contributed by atoms with Crippen LogP contribution in [0.5, 0.6) is 0 Å². The number of aliphatic hydroxyl groups is 1. The number of benzene rings is 1. The zero-order valence-electron chi connectivity index (χ0n) is 13.5. The maximum atomic E-state index is 12.4. The van der Waals surface area contributed by atoms with Crippen LogP contribution in [0.1, 0.15) is 5.56 Å². The van der Waals surface area contributed by atoms with Gasteiger partial charge in [-0.25, -0.2) is 4.79 Å². The second-order valence-electron chi connectivity index (χ2n) is 5.25. The smallest absolute Gasteiger partial charge is 0.337 e. The lowest BCUT2D eigenvalue weighted by Crippen LogP contribution is -2.31. The number of nitro groups is 1. The Morgan fingerprint density at radius 2 is 2.20 bits per heavy atom. The normalized spacial score (nSPS) is 14.1. The third-order valence-electron chi connectivity index (χ3n) is 3.78. The molecule has 1 aliphatic heterocycles. The van der Waals surface area contributed by atoms with Crippen LogP contribution in [0.4, 0.5) is 11.4 Å². The van der Waals surface area contributed by atoms with E-state index in [4.69, 9.17) is 16.7 Å². The van der Waals surface area contributed by atoms with Crippen molar-refractivity contribution < 1.29 is 24.4 Å². The third-order valence-corrected chi connectivity index (χ3v) is 4.25. The summed E-state index contributed by atoms with van der Waals surface area (Å²) in [5.41, 5.74) is 0.557. The number of nitrogens with one attached hydrogen (secondary N) is 1. The van der Waals surface area contributed by atoms with Gasteiger partial charge in [0.05, 0.1) is 30.8 Å². The van der Waals surface area contributed by atoms with E-state index in [-0.39, 0.29) is 41.7 Å². The molecule has 0 fully saturated rings. The van der Waals surface area contributed by atoms with Crippen LogP contribution < -0.4 is 5.32 Å². The topological polar surface area (TPSA) is 122 Å². The van der Waals surface area contributed by atoms with Crippen LogP contribution >= 0.6 is 11.6 Å². The van der Waals surface area contributed by atoms with E-state index in [1.807, 2.05) is 0 Å². The fourth-order valence-electron chi connectivity index (χ4n) is 2.43. The van der Waals surface area contributed by atoms with Gasteiger partial charge in [-0.1, -0.05) is 11.6 Å². The van der Waals surface area contributed by atoms with Crippen molar-refractivity contribution in [1.29, 1.82) is 0 Å². The largest absolute Gasteiger partial charge is 0.466 e. The van der Waals surface area contributed by atoms with E-state index in [0.29, 0.717) is 11.3 Å². The van der Waals surface area contributed by atoms with Gasteiger partial charge >= 0.3 is 5.97 Å². The van der Waals surface area contributed by atoms with Crippen LogP contribution in [0, 0.1) is 17.0 Å². The molecule has 10 heteroatoms. The molecule has 0 saturated carbocycles. The molecule has 0 spiro atoms. The zero-order valence-corrected chi connectivity index (χ0v) is 14.3. The molecule has 1 aromatic rings. The average Bonchev–Trinajstić information content (AvgIpc) is 2.88. The summed E-state index contributed by atoms with van der Waals surface area (Å²) in [6.45, 7) is 1.36. The fraction of sp³-hybridized carbons (Fsp3) is 0.333. The molecular weight excluding hydrogens is 354 g/mol. The zero-order chi connectivity index (χ0) is 18.7. The average molecular weight is 370 g/mol. The standard InChI is InChI=1S/C15H16ClN3O6/c1-8-10(3-4-11(12(8)16)19(23)24)17-13-9(15(22)25-2)7-18(5-6-20)14(13)21/h3-4,17,20H,5-7H2,1-2H3. The summed E-state index contributed by atoms with van der Waals surface area (Å²) >= 11 is 6.00. The van der Waals surface area contributed by atoms with Gasteiger partial charge in [-0.3, -0.25) is 14.9 Å². The number of carbonyl (C=O) groups excluding carboxylic acids is 2. The Morgan fingerprint density at radius 3 is 2.76 bits per heavy atom. The number of amides is 1. The van der Waals surface area contributed by atoms with Crippen molar-refractivity contribution in [2.45, 2.75) is 6.92 Å². The highest BCUT2D eigenvalue weighted by atomic mass is 35.5. The van der Waals surface area contributed by atoms with Crippen molar-refractivity contribution in [3.8, 4) is 0 Å². The van der Waals surface area contributed by atoms with Crippen molar-refractivity contribution in [1.82, 2.24) is 4.90 Å². The number of methoxy groups -OCH3 is 1. The number of esters is 1. The lowest BCUT2D eigenvalue weighted by atomic mass is 10.1. The van der Waals surface area contributed by atoms with Gasteiger partial charge in [0.1, 0.15) is 10.7 Å². The number of β-amino-alcohol motifs (C(OH)–C–C–N with tert-alkyl or cyclic N) is 1. The molecule has 0 aromatic heterocycles. The van der Waals surface area contributed by atoms with Crippen LogP contribution in [0.2, 0.25) is 5.02 Å². The number of aliphatic hydroxyl groups excluding tert-OH is 1. The van der Waals surface area contributed by atoms with Crippen LogP contribution in [0.15, 0.2) is 23.4 Å². The van der Waals surface area contributed by atoms with Crippen LogP contribution in [-0.2, 0) is 14.3 Å². The first-order chi connectivity index (χ1) is 11.8. The Bertz CT molecular complexity index is 777. The van der Waals surface area contributed by atoms with Gasteiger partial charge in [-0.05, 0) is 18.6 Å². The maximum Gasteiger partial charge on any atom is 0.337 e. The highest BCUT2D eigenvalue weighted by Gasteiger charge is 2.34. The number of anilines is 1. The maximum absolute atomic E-state index is 12.4. The van der Waals surface area contributed by atoms with Crippen molar-refractivity contribution in [3.63, 3.8) is 0 Å². The van der Waals surface area contributed by atoms with E-state index in [1.165, 1.54) is 24.1 Å². The summed E-state index contributed by atoms with van der Waals surface area (Å²) in [6, 6.07) is 2.62. The first-order valence-corrected chi connectivity index (χ1v) is 7.61. The van der Waals surface area contributed by atoms with E-state index in [1.54, 1.807) is 6.92 Å². The van der Waals surface area contributed by atoms with Crippen molar-refractivity contribution in [2.75, 3.05) is 32.1 Å². The Kier molecular flexibility index (Phi) is 5.60. The Hall–Kier alpha value is -2.65. The summed E-state index contributed by atoms with van der Waals surface area (Å²) < 4.78 is 4.69. The van der Waals surface area contributed by atoms with Gasteiger partial charge in [-0.2, -0.15) is 0 Å². The molecule has 2 N–H and O–H groups in total. The molecule has 1 heterocycles. The number of halogens is 1. The minimum absolute atomic E-state index is 0.00579. The van der Waals surface area contributed by atoms with Crippen molar-refractivity contribution >= 4 is 34.9 Å². The predicted molar refractivity (Wildman–Crippen MR) is 89.2 cm³/mol. The molecule has 0 saturated heterocycles. The predicted octanol–water partition coefficient (Wildman–Crippen LogP) is 1.23. The minimum atomic E-state index is -0.679. The van der Waals surface area contributed by atoms with Crippen LogP contribution in [0.3, 0.4) is 0 Å². The summed E-state index contributed by atoms with van der Waals surface area (Å²) in [4.78, 5) is 36.0. The monoisotopic (exact) mass is 369 g/mol. The molecule has 0 radical (unpaired) electrons. The van der Waals surface area contributed by atoms with Gasteiger partial charge in [-0.15, -0.1) is 0 Å². The van der Waals surface area contributed by atoms with E-state index < -0.39 is 16.8 Å². The summed E-state index contributed by atoms with van der Waals surface area (Å²) in [7, 11) is 1.19. The molecule has 1 aliphatic rings. The summed E-state index contributed by atoms with van der Waals surface area (Å²) in [5.74, 6) is -1.16. The molecule has 0 bridgehead atoms. The highest BCUT2D eigenvalue weighted by molar-refractivity contribution is 6.33. The first-order valence-electron chi connectivity index (χ1n) is 7.23. The molecule has 25 heavy (non-hydrogen) atoms. The number of ether oxygens (including phenoxy) is 1. The number of nitrogens with zero attached hydrogens (tertiary/aromatic N) is 2. The first kappa shape index (κ1) is 18.7. The number of hydrogen-bond donors (Lipinski definition) is 2. The van der Waals surface area contributed by atoms with Crippen LogP contribution in [-0.4, -0.2) is 53.6 Å². The fourth-order valence-corrected chi connectivity index (χ4v) is 2.66. The lowest BCUT2D eigenvalue weighted by molar-refractivity contribution is -0.384. The summed E-state index contributed by atoms with van der Waals surface area (Å²) in [6.07, 6.45) is 0. The SMILES string of the molecule is COC(=O)C1=C(Nc2ccc([N+](=O)[O-])c(Cl)c2C)C(=O)N(CCO)C1. The second kappa shape index (κ2) is 7.49. The van der Waals surface area contributed by atoms with Crippen molar-refractivity contribution in [3.05, 3.63) is 44.1 Å². The molecule has 9 nitrogen and oxygen atoms in total. The van der Waals surface area contributed by atoms with E-state index in [2.05, 4.69) is 10.1 Å². The molecular formula is C15H16ClN3O6. The van der Waals surface area contributed by atoms with Gasteiger partial charge in [0.2, 0.25) is 0 Å². The van der Waals surface area contributed by atoms with E-state index >= 15 is 0 Å². The Labute approximate surface area is 148 Å². The van der Waals surface area contributed by atoms with Gasteiger partial charge < -0.3 is 20.1 Å². The minimum Gasteiger partial charge on any atom is -0.466 e. The lowest BCUT2D eigenvalue weighted by Gasteiger charge is -2.15. The molecule has 134 valence electrons. The molecule has 1 amide bonds. The molecule has 0 unspecified atom stereocenters.